The normalized spacial score (nSPS) is 12.5. The molecule has 0 saturated heterocycles. The van der Waals surface area contributed by atoms with Crippen molar-refractivity contribution in [1.82, 2.24) is 0 Å². The van der Waals surface area contributed by atoms with E-state index in [1.807, 2.05) is 0 Å². The molecule has 0 aliphatic carbocycles. The van der Waals surface area contributed by atoms with E-state index >= 15 is 0 Å². The topological polar surface area (TPSA) is 78.9 Å². The number of hydrogen-bond acceptors (Lipinski definition) is 6. The van der Waals surface area contributed by atoms with Crippen molar-refractivity contribution >= 4 is 17.9 Å². The van der Waals surface area contributed by atoms with Gasteiger partial charge in [-0.1, -0.05) is 299 Å². The minimum atomic E-state index is -0.777. The van der Waals surface area contributed by atoms with Crippen LogP contribution in [-0.2, 0) is 28.6 Å². The molecule has 0 heterocycles. The van der Waals surface area contributed by atoms with E-state index in [0.717, 1.165) is 89.9 Å². The summed E-state index contributed by atoms with van der Waals surface area (Å²) < 4.78 is 16.9. The van der Waals surface area contributed by atoms with Gasteiger partial charge in [-0.25, -0.2) is 0 Å². The average molecular weight is 1060 g/mol. The van der Waals surface area contributed by atoms with E-state index in [1.54, 1.807) is 0 Å². The fraction of sp³-hybridized carbons (Fsp3) is 0.786. The highest BCUT2D eigenvalue weighted by Gasteiger charge is 2.19. The van der Waals surface area contributed by atoms with Gasteiger partial charge in [-0.3, -0.25) is 14.4 Å². The second-order valence-electron chi connectivity index (χ2n) is 22.0. The van der Waals surface area contributed by atoms with Gasteiger partial charge in [-0.05, 0) is 89.9 Å². The third-order valence-electron chi connectivity index (χ3n) is 14.4. The van der Waals surface area contributed by atoms with E-state index in [-0.39, 0.29) is 31.1 Å². The summed E-state index contributed by atoms with van der Waals surface area (Å²) in [6, 6.07) is 0. The first kappa shape index (κ1) is 72.8. The summed E-state index contributed by atoms with van der Waals surface area (Å²) >= 11 is 0. The fourth-order valence-electron chi connectivity index (χ4n) is 9.53. The highest BCUT2D eigenvalue weighted by Crippen LogP contribution is 2.17. The van der Waals surface area contributed by atoms with Gasteiger partial charge in [0.05, 0.1) is 0 Å². The Labute approximate surface area is 472 Å². The molecule has 0 aromatic rings. The zero-order valence-corrected chi connectivity index (χ0v) is 50.5. The van der Waals surface area contributed by atoms with Crippen molar-refractivity contribution in [2.24, 2.45) is 0 Å². The largest absolute Gasteiger partial charge is 0.462 e. The predicted molar refractivity (Wildman–Crippen MR) is 330 cm³/mol. The molecule has 0 rings (SSSR count). The van der Waals surface area contributed by atoms with Gasteiger partial charge in [-0.2, -0.15) is 0 Å². The Bertz CT molecular complexity index is 1400. The zero-order chi connectivity index (χ0) is 55.0. The Hall–Kier alpha value is -3.15. The van der Waals surface area contributed by atoms with Crippen molar-refractivity contribution in [3.05, 3.63) is 72.9 Å². The number of ether oxygens (including phenoxy) is 3. The van der Waals surface area contributed by atoms with Crippen molar-refractivity contribution in [3.63, 3.8) is 0 Å². The van der Waals surface area contributed by atoms with Gasteiger partial charge in [0, 0.05) is 19.3 Å². The smallest absolute Gasteiger partial charge is 0.306 e. The molecule has 0 N–H and O–H groups in total. The molecule has 76 heavy (non-hydrogen) atoms. The molecule has 0 radical (unpaired) electrons. The number of allylic oxidation sites excluding steroid dienone is 12. The van der Waals surface area contributed by atoms with E-state index in [0.29, 0.717) is 19.3 Å². The van der Waals surface area contributed by atoms with Gasteiger partial charge < -0.3 is 14.2 Å². The Morgan fingerprint density at radius 1 is 0.276 bits per heavy atom. The quantitative estimate of drug-likeness (QED) is 0.0261. The van der Waals surface area contributed by atoms with Crippen LogP contribution in [0.15, 0.2) is 72.9 Å². The SMILES string of the molecule is CC/C=C\C/C=C\C/C=C\C/C=C\C/C=C\CCCCCCCCCCCCCC(=O)OCC(COC(=O)CCCCCCCCCCCCCCCC)OC(=O)CCCCCCCCC/C=C\CCCCCCCC. The monoisotopic (exact) mass is 1060 g/mol. The van der Waals surface area contributed by atoms with Crippen LogP contribution in [0.2, 0.25) is 0 Å². The van der Waals surface area contributed by atoms with Crippen LogP contribution in [0.1, 0.15) is 335 Å². The van der Waals surface area contributed by atoms with Gasteiger partial charge in [0.25, 0.3) is 0 Å². The summed E-state index contributed by atoms with van der Waals surface area (Å²) in [5, 5.41) is 0. The molecule has 1 atom stereocenters. The number of unbranched alkanes of at least 4 members (excludes halogenated alkanes) is 37. The molecule has 0 aliphatic rings. The third-order valence-corrected chi connectivity index (χ3v) is 14.4. The first-order valence-electron chi connectivity index (χ1n) is 32.9. The van der Waals surface area contributed by atoms with Crippen LogP contribution in [-0.4, -0.2) is 37.2 Å². The molecule has 0 bridgehead atoms. The molecular formula is C70H124O6. The lowest BCUT2D eigenvalue weighted by Gasteiger charge is -2.18. The molecule has 0 fully saturated rings. The maximum Gasteiger partial charge on any atom is 0.306 e. The lowest BCUT2D eigenvalue weighted by atomic mass is 10.0. The van der Waals surface area contributed by atoms with Crippen LogP contribution in [0.25, 0.3) is 0 Å². The number of carbonyl (C=O) groups excluding carboxylic acids is 3. The van der Waals surface area contributed by atoms with Crippen LogP contribution >= 0.6 is 0 Å². The highest BCUT2D eigenvalue weighted by molar-refractivity contribution is 5.71. The van der Waals surface area contributed by atoms with E-state index in [2.05, 4.69) is 93.7 Å². The predicted octanol–water partition coefficient (Wildman–Crippen LogP) is 22.5. The molecule has 6 nitrogen and oxygen atoms in total. The summed E-state index contributed by atoms with van der Waals surface area (Å²) in [4.78, 5) is 38.3. The van der Waals surface area contributed by atoms with Gasteiger partial charge in [0.15, 0.2) is 6.10 Å². The van der Waals surface area contributed by atoms with E-state index in [9.17, 15) is 14.4 Å². The molecular weight excluding hydrogens is 937 g/mol. The molecule has 0 aromatic heterocycles. The molecule has 0 aromatic carbocycles. The van der Waals surface area contributed by atoms with Crippen LogP contribution in [0, 0.1) is 0 Å². The summed E-state index contributed by atoms with van der Waals surface area (Å²) in [6.45, 7) is 6.56. The number of rotatable bonds is 60. The van der Waals surface area contributed by atoms with Crippen molar-refractivity contribution in [2.75, 3.05) is 13.2 Å². The Balaban J connectivity index is 4.28. The Kier molecular flexibility index (Phi) is 61.7. The lowest BCUT2D eigenvalue weighted by Crippen LogP contribution is -2.30. The number of esters is 3. The van der Waals surface area contributed by atoms with Gasteiger partial charge in [0.1, 0.15) is 13.2 Å². The van der Waals surface area contributed by atoms with Crippen LogP contribution in [0.5, 0.6) is 0 Å². The molecule has 0 aliphatic heterocycles. The maximum atomic E-state index is 12.9. The molecule has 0 spiro atoms. The Morgan fingerprint density at radius 3 is 0.816 bits per heavy atom. The minimum absolute atomic E-state index is 0.0736. The van der Waals surface area contributed by atoms with Crippen LogP contribution in [0.3, 0.4) is 0 Å². The summed E-state index contributed by atoms with van der Waals surface area (Å²) in [5.74, 6) is -0.863. The van der Waals surface area contributed by atoms with Crippen molar-refractivity contribution in [1.29, 1.82) is 0 Å². The van der Waals surface area contributed by atoms with E-state index < -0.39 is 6.10 Å². The molecule has 1 unspecified atom stereocenters. The molecule has 0 amide bonds. The first-order valence-corrected chi connectivity index (χ1v) is 32.9. The fourth-order valence-corrected chi connectivity index (χ4v) is 9.53. The molecule has 0 saturated carbocycles. The van der Waals surface area contributed by atoms with Gasteiger partial charge >= 0.3 is 17.9 Å². The van der Waals surface area contributed by atoms with Gasteiger partial charge in [-0.15, -0.1) is 0 Å². The van der Waals surface area contributed by atoms with Crippen LogP contribution in [0.4, 0.5) is 0 Å². The second kappa shape index (κ2) is 64.4. The van der Waals surface area contributed by atoms with Crippen molar-refractivity contribution < 1.29 is 28.6 Å². The summed E-state index contributed by atoms with van der Waals surface area (Å²) in [7, 11) is 0. The third kappa shape index (κ3) is 61.7. The maximum absolute atomic E-state index is 12.9. The average Bonchev–Trinajstić information content (AvgIpc) is 3.42. The molecule has 6 heteroatoms. The number of carbonyl (C=O) groups is 3. The second-order valence-corrected chi connectivity index (χ2v) is 22.0. The Morgan fingerprint density at radius 2 is 0.513 bits per heavy atom. The zero-order valence-electron chi connectivity index (χ0n) is 50.5. The molecule has 440 valence electrons. The van der Waals surface area contributed by atoms with Crippen LogP contribution < -0.4 is 0 Å². The lowest BCUT2D eigenvalue weighted by molar-refractivity contribution is -0.167. The van der Waals surface area contributed by atoms with Crippen molar-refractivity contribution in [3.8, 4) is 0 Å². The van der Waals surface area contributed by atoms with Gasteiger partial charge in [0.2, 0.25) is 0 Å². The summed E-state index contributed by atoms with van der Waals surface area (Å²) in [6.07, 6.45) is 83.3. The standard InChI is InChI=1S/C70H124O6/c1-4-7-10-13-16-19-22-25-28-30-31-32-33-34-35-36-37-38-39-41-42-45-48-51-54-57-60-63-69(72)75-66-67(65-74-68(71)62-59-56-53-50-47-44-27-24-21-18-15-12-9-6-3)76-70(73)64-61-58-55-52-49-46-43-40-29-26-23-20-17-14-11-8-5-2/h7,10,16,19,25-26,28-29,31-32,34-35,67H,4-6,8-9,11-15,17-18,20-24,27,30,33,36-66H2,1-3H3/b10-7-,19-16-,28-25-,29-26-,32-31-,35-34-. The highest BCUT2D eigenvalue weighted by atomic mass is 16.6. The first-order chi connectivity index (χ1) is 37.5. The summed E-state index contributed by atoms with van der Waals surface area (Å²) in [5.41, 5.74) is 0. The van der Waals surface area contributed by atoms with E-state index in [1.165, 1.54) is 205 Å². The van der Waals surface area contributed by atoms with E-state index in [4.69, 9.17) is 14.2 Å². The van der Waals surface area contributed by atoms with Crippen molar-refractivity contribution in [2.45, 2.75) is 341 Å². The minimum Gasteiger partial charge on any atom is -0.462 e. The number of hydrogen-bond donors (Lipinski definition) is 0.